The topological polar surface area (TPSA) is 98.0 Å². The van der Waals surface area contributed by atoms with Gasteiger partial charge in [-0.2, -0.15) is 0 Å². The molecule has 1 rings (SSSR count). The lowest BCUT2D eigenvalue weighted by atomic mass is 10.0. The lowest BCUT2D eigenvalue weighted by Crippen LogP contribution is -2.40. The van der Waals surface area contributed by atoms with Crippen molar-refractivity contribution in [3.05, 3.63) is 17.0 Å². The van der Waals surface area contributed by atoms with Crippen LogP contribution in [-0.4, -0.2) is 28.2 Å². The number of halogens is 1. The number of amides is 1. The van der Waals surface area contributed by atoms with E-state index in [1.807, 2.05) is 13.8 Å². The van der Waals surface area contributed by atoms with E-state index in [0.29, 0.717) is 6.29 Å². The van der Waals surface area contributed by atoms with Gasteiger partial charge in [0.1, 0.15) is 23.3 Å². The van der Waals surface area contributed by atoms with Crippen molar-refractivity contribution in [3.8, 4) is 0 Å². The minimum atomic E-state index is -0.625. The summed E-state index contributed by atoms with van der Waals surface area (Å²) in [6.07, 6.45) is 1.74. The van der Waals surface area contributed by atoms with Gasteiger partial charge in [-0.25, -0.2) is 9.97 Å². The largest absolute Gasteiger partial charge is 0.368 e. The zero-order valence-corrected chi connectivity index (χ0v) is 10.2. The molecule has 1 aromatic rings. The van der Waals surface area contributed by atoms with E-state index in [1.54, 1.807) is 0 Å². The van der Waals surface area contributed by atoms with E-state index in [1.165, 1.54) is 6.33 Å². The van der Waals surface area contributed by atoms with Crippen LogP contribution in [0, 0.1) is 5.92 Å². The van der Waals surface area contributed by atoms with Crippen molar-refractivity contribution < 1.29 is 9.59 Å². The highest BCUT2D eigenvalue weighted by molar-refractivity contribution is 6.32. The van der Waals surface area contributed by atoms with E-state index in [2.05, 4.69) is 15.3 Å². The monoisotopic (exact) mass is 256 g/mol. The maximum absolute atomic E-state index is 11.2. The Kier molecular flexibility index (Phi) is 4.39. The number of nitrogens with two attached hydrogens (primary N) is 1. The highest BCUT2D eigenvalue weighted by atomic mass is 35.5. The number of anilines is 1. The van der Waals surface area contributed by atoms with Crippen molar-refractivity contribution in [1.82, 2.24) is 9.97 Å². The van der Waals surface area contributed by atoms with Gasteiger partial charge in [-0.05, 0) is 5.92 Å². The molecule has 0 aromatic carbocycles. The summed E-state index contributed by atoms with van der Waals surface area (Å²) < 4.78 is 0. The smallest absolute Gasteiger partial charge is 0.240 e. The fraction of sp³-hybridized carbons (Fsp3) is 0.400. The normalized spacial score (nSPS) is 12.2. The molecular weight excluding hydrogens is 244 g/mol. The molecule has 1 aromatic heterocycles. The van der Waals surface area contributed by atoms with Crippen LogP contribution in [-0.2, 0) is 4.79 Å². The Morgan fingerprint density at radius 1 is 1.53 bits per heavy atom. The SMILES string of the molecule is CC(C)C(Nc1ncnc(Cl)c1C=O)C(N)=O. The van der Waals surface area contributed by atoms with E-state index in [-0.39, 0.29) is 22.5 Å². The summed E-state index contributed by atoms with van der Waals surface area (Å²) in [6.45, 7) is 3.65. The molecule has 1 unspecified atom stereocenters. The van der Waals surface area contributed by atoms with Gasteiger partial charge >= 0.3 is 0 Å². The molecular formula is C10H13ClN4O2. The lowest BCUT2D eigenvalue weighted by molar-refractivity contribution is -0.119. The summed E-state index contributed by atoms with van der Waals surface area (Å²) in [5.41, 5.74) is 5.36. The first-order valence-corrected chi connectivity index (χ1v) is 5.36. The predicted molar refractivity (Wildman–Crippen MR) is 63.9 cm³/mol. The molecule has 1 heterocycles. The van der Waals surface area contributed by atoms with Gasteiger partial charge in [0, 0.05) is 0 Å². The Morgan fingerprint density at radius 2 is 2.18 bits per heavy atom. The van der Waals surface area contributed by atoms with Gasteiger partial charge in [0.2, 0.25) is 5.91 Å². The first-order chi connectivity index (χ1) is 7.97. The Balaban J connectivity index is 3.05. The molecule has 0 aliphatic carbocycles. The molecule has 0 fully saturated rings. The minimum absolute atomic E-state index is 0.0319. The number of primary amides is 1. The van der Waals surface area contributed by atoms with Crippen LogP contribution in [0.4, 0.5) is 5.82 Å². The summed E-state index contributed by atoms with van der Waals surface area (Å²) in [7, 11) is 0. The number of hydrogen-bond donors (Lipinski definition) is 2. The van der Waals surface area contributed by atoms with Gasteiger partial charge < -0.3 is 11.1 Å². The molecule has 1 atom stereocenters. The van der Waals surface area contributed by atoms with Gasteiger partial charge in [-0.15, -0.1) is 0 Å². The minimum Gasteiger partial charge on any atom is -0.368 e. The van der Waals surface area contributed by atoms with Crippen molar-refractivity contribution in [2.24, 2.45) is 11.7 Å². The van der Waals surface area contributed by atoms with Crippen LogP contribution < -0.4 is 11.1 Å². The number of rotatable bonds is 5. The molecule has 0 aliphatic rings. The Hall–Kier alpha value is -1.69. The Morgan fingerprint density at radius 3 is 2.65 bits per heavy atom. The summed E-state index contributed by atoms with van der Waals surface area (Å²) in [6, 6.07) is -0.625. The molecule has 0 aliphatic heterocycles. The number of hydrogen-bond acceptors (Lipinski definition) is 5. The molecule has 92 valence electrons. The molecule has 6 nitrogen and oxygen atoms in total. The number of carbonyl (C=O) groups excluding carboxylic acids is 2. The Bertz CT molecular complexity index is 436. The number of nitrogens with zero attached hydrogens (tertiary/aromatic N) is 2. The number of nitrogens with one attached hydrogen (secondary N) is 1. The van der Waals surface area contributed by atoms with Gasteiger partial charge in [-0.3, -0.25) is 9.59 Å². The quantitative estimate of drug-likeness (QED) is 0.602. The van der Waals surface area contributed by atoms with Crippen molar-refractivity contribution in [1.29, 1.82) is 0 Å². The standard InChI is InChI=1S/C10H13ClN4O2/c1-5(2)7(9(12)17)15-10-6(3-16)8(11)13-4-14-10/h3-5,7H,1-2H3,(H2,12,17)(H,13,14,15). The average molecular weight is 257 g/mol. The number of aromatic nitrogens is 2. The fourth-order valence-electron chi connectivity index (χ4n) is 1.31. The number of carbonyl (C=O) groups is 2. The van der Waals surface area contributed by atoms with E-state index in [4.69, 9.17) is 17.3 Å². The zero-order valence-electron chi connectivity index (χ0n) is 9.48. The zero-order chi connectivity index (χ0) is 13.0. The number of aldehydes is 1. The van der Waals surface area contributed by atoms with Gasteiger partial charge in [0.25, 0.3) is 0 Å². The molecule has 0 radical (unpaired) electrons. The molecule has 0 saturated heterocycles. The lowest BCUT2D eigenvalue weighted by Gasteiger charge is -2.20. The molecule has 7 heteroatoms. The van der Waals surface area contributed by atoms with E-state index >= 15 is 0 Å². The van der Waals surface area contributed by atoms with Crippen LogP contribution in [0.3, 0.4) is 0 Å². The van der Waals surface area contributed by atoms with Crippen LogP contribution in [0.5, 0.6) is 0 Å². The first kappa shape index (κ1) is 13.4. The van der Waals surface area contributed by atoms with E-state index < -0.39 is 11.9 Å². The molecule has 0 saturated carbocycles. The van der Waals surface area contributed by atoms with Crippen LogP contribution in [0.15, 0.2) is 6.33 Å². The van der Waals surface area contributed by atoms with Crippen LogP contribution >= 0.6 is 11.6 Å². The van der Waals surface area contributed by atoms with Gasteiger partial charge in [-0.1, -0.05) is 25.4 Å². The summed E-state index contributed by atoms with van der Waals surface area (Å²) in [5.74, 6) is -0.357. The second kappa shape index (κ2) is 5.58. The molecule has 1 amide bonds. The molecule has 0 bridgehead atoms. The van der Waals surface area contributed by atoms with Crippen LogP contribution in [0.1, 0.15) is 24.2 Å². The predicted octanol–water partition coefficient (Wildman–Crippen LogP) is 0.864. The highest BCUT2D eigenvalue weighted by Gasteiger charge is 2.21. The molecule has 0 spiro atoms. The third kappa shape index (κ3) is 3.13. The third-order valence-electron chi connectivity index (χ3n) is 2.22. The maximum atomic E-state index is 11.2. The van der Waals surface area contributed by atoms with Gasteiger partial charge in [0.05, 0.1) is 5.56 Å². The van der Waals surface area contributed by atoms with Crippen molar-refractivity contribution in [2.45, 2.75) is 19.9 Å². The van der Waals surface area contributed by atoms with Crippen LogP contribution in [0.2, 0.25) is 5.15 Å². The first-order valence-electron chi connectivity index (χ1n) is 4.99. The second-order valence-electron chi connectivity index (χ2n) is 3.81. The van der Waals surface area contributed by atoms with Crippen LogP contribution in [0.25, 0.3) is 0 Å². The fourth-order valence-corrected chi connectivity index (χ4v) is 1.48. The second-order valence-corrected chi connectivity index (χ2v) is 4.17. The maximum Gasteiger partial charge on any atom is 0.240 e. The third-order valence-corrected chi connectivity index (χ3v) is 2.52. The molecule has 3 N–H and O–H groups in total. The molecule has 17 heavy (non-hydrogen) atoms. The average Bonchev–Trinajstić information content (AvgIpc) is 2.25. The Labute approximate surface area is 104 Å². The summed E-state index contributed by atoms with van der Waals surface area (Å²) in [5, 5.41) is 2.83. The summed E-state index contributed by atoms with van der Waals surface area (Å²) in [4.78, 5) is 29.6. The highest BCUT2D eigenvalue weighted by Crippen LogP contribution is 2.19. The summed E-state index contributed by atoms with van der Waals surface area (Å²) >= 11 is 5.73. The van der Waals surface area contributed by atoms with Crippen molar-refractivity contribution >= 4 is 29.6 Å². The van der Waals surface area contributed by atoms with E-state index in [0.717, 1.165) is 0 Å². The van der Waals surface area contributed by atoms with Crippen molar-refractivity contribution in [3.63, 3.8) is 0 Å². The van der Waals surface area contributed by atoms with Gasteiger partial charge in [0.15, 0.2) is 6.29 Å². The van der Waals surface area contributed by atoms with E-state index in [9.17, 15) is 9.59 Å². The van der Waals surface area contributed by atoms with Crippen molar-refractivity contribution in [2.75, 3.05) is 5.32 Å².